The van der Waals surface area contributed by atoms with Crippen molar-refractivity contribution in [3.63, 3.8) is 0 Å². The van der Waals surface area contributed by atoms with Gasteiger partial charge in [-0.3, -0.25) is 0 Å². The second-order valence-corrected chi connectivity index (χ2v) is 2.07. The summed E-state index contributed by atoms with van der Waals surface area (Å²) < 4.78 is 0. The summed E-state index contributed by atoms with van der Waals surface area (Å²) in [4.78, 5) is 1.59. The van der Waals surface area contributed by atoms with E-state index in [0.717, 1.165) is 0 Å². The normalized spacial score (nSPS) is 7.30. The largest absolute Gasteiger partial charge is 1.00 e. The molecule has 0 fully saturated rings. The van der Waals surface area contributed by atoms with Crippen LogP contribution in [0, 0.1) is 0 Å². The highest BCUT2D eigenvalue weighted by Crippen LogP contribution is 1.38. The summed E-state index contributed by atoms with van der Waals surface area (Å²) in [5, 5.41) is 0. The first-order chi connectivity index (χ1) is 4.22. The molecule has 0 aliphatic rings. The van der Waals surface area contributed by atoms with Crippen molar-refractivity contribution in [2.24, 2.45) is 0 Å². The van der Waals surface area contributed by atoms with E-state index < -0.39 is 0 Å². The Morgan fingerprint density at radius 3 is 1.50 bits per heavy atom. The highest BCUT2D eigenvalue weighted by Gasteiger charge is 1.85. The fraction of sp³-hybridized carbons (Fsp3) is 0.750. The molecule has 10 heavy (non-hydrogen) atoms. The smallest absolute Gasteiger partial charge is 0.0740 e. The van der Waals surface area contributed by atoms with Crippen LogP contribution in [0.3, 0.4) is 0 Å². The van der Waals surface area contributed by atoms with E-state index in [1.165, 1.54) is 13.1 Å². The number of hydrogen-bond acceptors (Lipinski definition) is 0. The Morgan fingerprint density at radius 2 is 1.50 bits per heavy atom. The molecule has 1 N–H and O–H groups in total. The number of allylic oxidation sites excluding steroid dienone is 1. The fourth-order valence-corrected chi connectivity index (χ4v) is 0.250. The van der Waals surface area contributed by atoms with Gasteiger partial charge >= 0.3 is 0 Å². The maximum atomic E-state index is 3.36. The molecule has 0 saturated carbocycles. The van der Waals surface area contributed by atoms with Crippen LogP contribution in [0.1, 0.15) is 20.8 Å². The van der Waals surface area contributed by atoms with Crippen molar-refractivity contribution in [3.8, 4) is 0 Å². The molecule has 0 aliphatic carbocycles. The third-order valence-corrected chi connectivity index (χ3v) is 1.21. The van der Waals surface area contributed by atoms with Gasteiger partial charge in [0.15, 0.2) is 0 Å². The molecule has 0 aromatic carbocycles. The summed E-state index contributed by atoms with van der Waals surface area (Å²) in [5.41, 5.74) is 0. The molecule has 0 spiro atoms. The predicted octanol–water partition coefficient (Wildman–Crippen LogP) is -2.26. The summed E-state index contributed by atoms with van der Waals surface area (Å²) in [5.74, 6) is 0. The van der Waals surface area contributed by atoms with Gasteiger partial charge in [-0.1, -0.05) is 6.08 Å². The first-order valence-electron chi connectivity index (χ1n) is 3.61. The third kappa shape index (κ3) is 24.5. The van der Waals surface area contributed by atoms with Crippen molar-refractivity contribution >= 4 is 0 Å². The Kier molecular flexibility index (Phi) is 26.4. The van der Waals surface area contributed by atoms with Gasteiger partial charge in [-0.25, -0.2) is 0 Å². The Hall–Kier alpha value is -0.0100. The van der Waals surface area contributed by atoms with Gasteiger partial charge in [0.2, 0.25) is 0 Å². The Morgan fingerprint density at radius 1 is 1.30 bits per heavy atom. The molecular weight excluding hydrogens is 146 g/mol. The first kappa shape index (κ1) is 16.5. The SMILES string of the molecule is C=CC.CC[NH+](C)CC.[Cl-]. The minimum absolute atomic E-state index is 0. The fourth-order valence-electron chi connectivity index (χ4n) is 0.250. The summed E-state index contributed by atoms with van der Waals surface area (Å²) in [6.07, 6.45) is 1.75. The van der Waals surface area contributed by atoms with Crippen molar-refractivity contribution in [1.82, 2.24) is 0 Å². The lowest BCUT2D eigenvalue weighted by molar-refractivity contribution is -0.875. The molecule has 0 aliphatic heterocycles. The van der Waals surface area contributed by atoms with Crippen molar-refractivity contribution in [2.45, 2.75) is 20.8 Å². The molecule has 0 aromatic heterocycles. The Balaban J connectivity index is -0.000000107. The average Bonchev–Trinajstić information content (AvgIpc) is 1.88. The molecule has 0 saturated heterocycles. The zero-order valence-corrected chi connectivity index (χ0v) is 8.33. The van der Waals surface area contributed by atoms with Crippen molar-refractivity contribution < 1.29 is 17.3 Å². The highest BCUT2D eigenvalue weighted by molar-refractivity contribution is 4.51. The average molecular weight is 166 g/mol. The molecule has 0 radical (unpaired) electrons. The van der Waals surface area contributed by atoms with E-state index in [1.807, 2.05) is 6.92 Å². The zero-order chi connectivity index (χ0) is 7.70. The van der Waals surface area contributed by atoms with E-state index in [1.54, 1.807) is 11.0 Å². The molecule has 0 bridgehead atoms. The van der Waals surface area contributed by atoms with Crippen LogP contribution in [0.5, 0.6) is 0 Å². The summed E-state index contributed by atoms with van der Waals surface area (Å²) >= 11 is 0. The number of halogens is 1. The monoisotopic (exact) mass is 165 g/mol. The van der Waals surface area contributed by atoms with Crippen LogP contribution in [0.25, 0.3) is 0 Å². The van der Waals surface area contributed by atoms with E-state index in [4.69, 9.17) is 0 Å². The van der Waals surface area contributed by atoms with Crippen LogP contribution in [0.15, 0.2) is 12.7 Å². The van der Waals surface area contributed by atoms with Crippen LogP contribution in [0.2, 0.25) is 0 Å². The van der Waals surface area contributed by atoms with Crippen LogP contribution >= 0.6 is 0 Å². The van der Waals surface area contributed by atoms with E-state index >= 15 is 0 Å². The molecule has 0 amide bonds. The molecule has 0 rings (SSSR count). The predicted molar refractivity (Wildman–Crippen MR) is 43.8 cm³/mol. The maximum absolute atomic E-state index is 3.36. The lowest BCUT2D eigenvalue weighted by Gasteiger charge is -2.04. The van der Waals surface area contributed by atoms with Gasteiger partial charge in [0.05, 0.1) is 20.1 Å². The second-order valence-electron chi connectivity index (χ2n) is 2.07. The number of nitrogens with one attached hydrogen (secondary N) is 1. The molecular formula is C8H20ClN. The van der Waals surface area contributed by atoms with Crippen LogP contribution < -0.4 is 17.3 Å². The number of quaternary nitrogens is 1. The minimum Gasteiger partial charge on any atom is -1.00 e. The Labute approximate surface area is 71.5 Å². The van der Waals surface area contributed by atoms with Crippen LogP contribution in [-0.4, -0.2) is 20.1 Å². The van der Waals surface area contributed by atoms with Crippen molar-refractivity contribution in [2.75, 3.05) is 20.1 Å². The summed E-state index contributed by atoms with van der Waals surface area (Å²) in [6.45, 7) is 12.1. The van der Waals surface area contributed by atoms with E-state index in [0.29, 0.717) is 0 Å². The van der Waals surface area contributed by atoms with E-state index in [2.05, 4.69) is 27.5 Å². The Bertz CT molecular complexity index is 51.2. The number of rotatable bonds is 2. The zero-order valence-electron chi connectivity index (χ0n) is 7.58. The quantitative estimate of drug-likeness (QED) is 0.441. The topological polar surface area (TPSA) is 4.44 Å². The van der Waals surface area contributed by atoms with Gasteiger partial charge in [0.25, 0.3) is 0 Å². The highest BCUT2D eigenvalue weighted by atomic mass is 35.5. The lowest BCUT2D eigenvalue weighted by Crippen LogP contribution is -3.08. The van der Waals surface area contributed by atoms with Gasteiger partial charge in [0, 0.05) is 0 Å². The maximum Gasteiger partial charge on any atom is 0.0740 e. The molecule has 2 heteroatoms. The van der Waals surface area contributed by atoms with E-state index in [-0.39, 0.29) is 12.4 Å². The van der Waals surface area contributed by atoms with Crippen LogP contribution in [0.4, 0.5) is 0 Å². The molecule has 64 valence electrons. The molecule has 0 heterocycles. The third-order valence-electron chi connectivity index (χ3n) is 1.21. The summed E-state index contributed by atoms with van der Waals surface area (Å²) in [7, 11) is 2.19. The molecule has 0 aromatic rings. The summed E-state index contributed by atoms with van der Waals surface area (Å²) in [6, 6.07) is 0. The molecule has 1 nitrogen and oxygen atoms in total. The molecule has 0 unspecified atom stereocenters. The lowest BCUT2D eigenvalue weighted by atomic mass is 10.6. The van der Waals surface area contributed by atoms with Gasteiger partial charge in [-0.05, 0) is 20.8 Å². The molecule has 0 atom stereocenters. The standard InChI is InChI=1S/C5H13N.C3H6.ClH/c1-4-6(3)5-2;1-3-2;/h4-5H2,1-3H3;3H,1H2,2H3;1H. The van der Waals surface area contributed by atoms with Gasteiger partial charge in [-0.15, -0.1) is 6.58 Å². The van der Waals surface area contributed by atoms with E-state index in [9.17, 15) is 0 Å². The van der Waals surface area contributed by atoms with Gasteiger partial charge < -0.3 is 17.3 Å². The minimum atomic E-state index is 0. The van der Waals surface area contributed by atoms with Crippen molar-refractivity contribution in [1.29, 1.82) is 0 Å². The van der Waals surface area contributed by atoms with Crippen molar-refractivity contribution in [3.05, 3.63) is 12.7 Å². The van der Waals surface area contributed by atoms with Crippen LogP contribution in [-0.2, 0) is 0 Å². The number of hydrogen-bond donors (Lipinski definition) is 1. The van der Waals surface area contributed by atoms with Gasteiger partial charge in [0.1, 0.15) is 0 Å². The second kappa shape index (κ2) is 16.0. The van der Waals surface area contributed by atoms with Gasteiger partial charge in [-0.2, -0.15) is 0 Å². The first-order valence-corrected chi connectivity index (χ1v) is 3.61.